The number of anilines is 4. The van der Waals surface area contributed by atoms with Gasteiger partial charge in [-0.2, -0.15) is 0 Å². The number of hydrogen-bond acceptors (Lipinski definition) is 8. The molecule has 11 heteroatoms. The van der Waals surface area contributed by atoms with E-state index in [1.165, 1.54) is 37.5 Å². The van der Waals surface area contributed by atoms with E-state index in [1.807, 2.05) is 0 Å². The zero-order chi connectivity index (χ0) is 22.6. The van der Waals surface area contributed by atoms with E-state index in [1.54, 1.807) is 35.7 Å². The molecule has 0 aliphatic rings. The molecule has 0 aliphatic carbocycles. The number of amides is 2. The molecule has 31 heavy (non-hydrogen) atoms. The lowest BCUT2D eigenvalue weighted by Gasteiger charge is -2.11. The quantitative estimate of drug-likeness (QED) is 0.492. The molecule has 1 aromatic heterocycles. The van der Waals surface area contributed by atoms with Crippen LogP contribution in [0.15, 0.2) is 52.7 Å². The summed E-state index contributed by atoms with van der Waals surface area (Å²) in [6.07, 6.45) is 1.14. The zero-order valence-corrected chi connectivity index (χ0v) is 18.6. The Morgan fingerprint density at radius 2 is 1.71 bits per heavy atom. The molecule has 9 nitrogen and oxygen atoms in total. The molecule has 3 aromatic rings. The van der Waals surface area contributed by atoms with E-state index in [0.717, 1.165) is 6.26 Å². The van der Waals surface area contributed by atoms with Crippen molar-refractivity contribution in [2.45, 2.75) is 11.8 Å². The Labute approximate surface area is 183 Å². The highest BCUT2D eigenvalue weighted by Gasteiger charge is 2.15. The Balaban J connectivity index is 1.72. The standard InChI is InChI=1S/C20H20N4O5S2/c1-12(25)21-14-6-9-18(29-2)16(10-14)23-19(26)17-11-30-20(24-17)22-13-4-7-15(8-5-13)31(3,27)28/h4-11H,1-3H3,(H,21,25)(H,22,24)(H,23,26). The molecule has 0 saturated carbocycles. The average Bonchev–Trinajstić information content (AvgIpc) is 3.16. The van der Waals surface area contributed by atoms with Crippen LogP contribution in [0.25, 0.3) is 0 Å². The first kappa shape index (κ1) is 22.2. The molecule has 2 amide bonds. The summed E-state index contributed by atoms with van der Waals surface area (Å²) in [6, 6.07) is 11.1. The van der Waals surface area contributed by atoms with Crippen LogP contribution in [0.1, 0.15) is 17.4 Å². The number of nitrogens with one attached hydrogen (secondary N) is 3. The molecule has 0 radical (unpaired) electrons. The maximum atomic E-state index is 12.6. The summed E-state index contributed by atoms with van der Waals surface area (Å²) >= 11 is 1.22. The Bertz CT molecular complexity index is 1220. The van der Waals surface area contributed by atoms with Gasteiger partial charge in [0, 0.05) is 29.9 Å². The number of sulfone groups is 1. The second-order valence-electron chi connectivity index (χ2n) is 6.51. The van der Waals surface area contributed by atoms with E-state index in [9.17, 15) is 18.0 Å². The first-order valence-corrected chi connectivity index (χ1v) is 11.7. The minimum absolute atomic E-state index is 0.187. The minimum atomic E-state index is -3.27. The molecule has 0 spiro atoms. The third-order valence-electron chi connectivity index (χ3n) is 4.04. The van der Waals surface area contributed by atoms with Gasteiger partial charge in [-0.1, -0.05) is 0 Å². The van der Waals surface area contributed by atoms with Crippen molar-refractivity contribution < 1.29 is 22.7 Å². The van der Waals surface area contributed by atoms with E-state index in [2.05, 4.69) is 20.9 Å². The van der Waals surface area contributed by atoms with Crippen molar-refractivity contribution in [2.24, 2.45) is 0 Å². The summed E-state index contributed by atoms with van der Waals surface area (Å²) in [5.74, 6) is -0.251. The molecular formula is C20H20N4O5S2. The van der Waals surface area contributed by atoms with Crippen LogP contribution in [0.4, 0.5) is 22.2 Å². The smallest absolute Gasteiger partial charge is 0.275 e. The predicted molar refractivity (Wildman–Crippen MR) is 120 cm³/mol. The van der Waals surface area contributed by atoms with Crippen molar-refractivity contribution in [2.75, 3.05) is 29.3 Å². The summed E-state index contributed by atoms with van der Waals surface area (Å²) in [6.45, 7) is 1.39. The van der Waals surface area contributed by atoms with Gasteiger partial charge >= 0.3 is 0 Å². The van der Waals surface area contributed by atoms with Gasteiger partial charge in [0.1, 0.15) is 11.4 Å². The maximum Gasteiger partial charge on any atom is 0.275 e. The number of hydrogen-bond donors (Lipinski definition) is 3. The number of rotatable bonds is 7. The molecule has 0 aliphatic heterocycles. The van der Waals surface area contributed by atoms with Crippen LogP contribution < -0.4 is 20.7 Å². The van der Waals surface area contributed by atoms with Gasteiger partial charge in [-0.05, 0) is 42.5 Å². The molecule has 162 valence electrons. The first-order valence-electron chi connectivity index (χ1n) is 8.95. The normalized spacial score (nSPS) is 10.9. The molecule has 0 saturated heterocycles. The van der Waals surface area contributed by atoms with Crippen molar-refractivity contribution in [3.8, 4) is 5.75 Å². The van der Waals surface area contributed by atoms with E-state index in [4.69, 9.17) is 4.74 Å². The second-order valence-corrected chi connectivity index (χ2v) is 9.38. The maximum absolute atomic E-state index is 12.6. The number of benzene rings is 2. The highest BCUT2D eigenvalue weighted by atomic mass is 32.2. The first-order chi connectivity index (χ1) is 14.7. The number of nitrogens with zero attached hydrogens (tertiary/aromatic N) is 1. The number of ether oxygens (including phenoxy) is 1. The molecule has 0 fully saturated rings. The van der Waals surface area contributed by atoms with Crippen LogP contribution >= 0.6 is 11.3 Å². The monoisotopic (exact) mass is 460 g/mol. The Kier molecular flexibility index (Phi) is 6.56. The lowest BCUT2D eigenvalue weighted by Crippen LogP contribution is -2.14. The van der Waals surface area contributed by atoms with Gasteiger partial charge in [-0.3, -0.25) is 9.59 Å². The minimum Gasteiger partial charge on any atom is -0.495 e. The van der Waals surface area contributed by atoms with Gasteiger partial charge in [0.25, 0.3) is 5.91 Å². The number of methoxy groups -OCH3 is 1. The Hall–Kier alpha value is -3.44. The number of aromatic nitrogens is 1. The fourth-order valence-electron chi connectivity index (χ4n) is 2.62. The summed E-state index contributed by atoms with van der Waals surface area (Å²) in [4.78, 5) is 28.4. The molecule has 0 atom stereocenters. The van der Waals surface area contributed by atoms with Gasteiger partial charge in [0.15, 0.2) is 15.0 Å². The number of thiazole rings is 1. The van der Waals surface area contributed by atoms with Gasteiger partial charge in [0.05, 0.1) is 17.7 Å². The van der Waals surface area contributed by atoms with Gasteiger partial charge in [0.2, 0.25) is 5.91 Å². The Morgan fingerprint density at radius 3 is 2.32 bits per heavy atom. The molecule has 0 unspecified atom stereocenters. The third kappa shape index (κ3) is 5.80. The summed E-state index contributed by atoms with van der Waals surface area (Å²) in [5, 5.41) is 10.5. The van der Waals surface area contributed by atoms with Gasteiger partial charge < -0.3 is 20.7 Å². The topological polar surface area (TPSA) is 126 Å². The fourth-order valence-corrected chi connectivity index (χ4v) is 3.96. The van der Waals surface area contributed by atoms with Crippen LogP contribution in [0.3, 0.4) is 0 Å². The summed E-state index contributed by atoms with van der Waals surface area (Å²) < 4.78 is 28.4. The van der Waals surface area contributed by atoms with Gasteiger partial charge in [-0.15, -0.1) is 11.3 Å². The molecule has 0 bridgehead atoms. The van der Waals surface area contributed by atoms with E-state index < -0.39 is 15.7 Å². The molecule has 3 rings (SSSR count). The SMILES string of the molecule is COc1ccc(NC(C)=O)cc1NC(=O)c1csc(Nc2ccc(S(C)(=O)=O)cc2)n1. The van der Waals surface area contributed by atoms with Crippen molar-refractivity contribution in [1.82, 2.24) is 4.98 Å². The van der Waals surface area contributed by atoms with Crippen LogP contribution in [-0.2, 0) is 14.6 Å². The predicted octanol–water partition coefficient (Wildman–Crippen LogP) is 3.51. The highest BCUT2D eigenvalue weighted by Crippen LogP contribution is 2.29. The van der Waals surface area contributed by atoms with Crippen molar-refractivity contribution in [3.05, 3.63) is 53.5 Å². The van der Waals surface area contributed by atoms with Gasteiger partial charge in [-0.25, -0.2) is 13.4 Å². The van der Waals surface area contributed by atoms with E-state index in [-0.39, 0.29) is 16.5 Å². The van der Waals surface area contributed by atoms with Crippen LogP contribution in [0, 0.1) is 0 Å². The Morgan fingerprint density at radius 1 is 1.03 bits per heavy atom. The highest BCUT2D eigenvalue weighted by molar-refractivity contribution is 7.90. The third-order valence-corrected chi connectivity index (χ3v) is 5.92. The average molecular weight is 461 g/mol. The fraction of sp³-hybridized carbons (Fsp3) is 0.150. The van der Waals surface area contributed by atoms with Crippen LogP contribution in [-0.4, -0.2) is 38.6 Å². The van der Waals surface area contributed by atoms with Crippen LogP contribution in [0.5, 0.6) is 5.75 Å². The second kappa shape index (κ2) is 9.14. The number of carbonyl (C=O) groups is 2. The van der Waals surface area contributed by atoms with E-state index in [0.29, 0.717) is 27.9 Å². The van der Waals surface area contributed by atoms with Crippen LogP contribution in [0.2, 0.25) is 0 Å². The zero-order valence-electron chi connectivity index (χ0n) is 16.9. The van der Waals surface area contributed by atoms with E-state index >= 15 is 0 Å². The lowest BCUT2D eigenvalue weighted by atomic mass is 10.2. The molecule has 3 N–H and O–H groups in total. The molecular weight excluding hydrogens is 440 g/mol. The molecule has 2 aromatic carbocycles. The largest absolute Gasteiger partial charge is 0.495 e. The lowest BCUT2D eigenvalue weighted by molar-refractivity contribution is -0.114. The molecule has 1 heterocycles. The number of carbonyl (C=O) groups excluding carboxylic acids is 2. The van der Waals surface area contributed by atoms with Crippen molar-refractivity contribution in [3.63, 3.8) is 0 Å². The van der Waals surface area contributed by atoms with Crippen molar-refractivity contribution in [1.29, 1.82) is 0 Å². The summed E-state index contributed by atoms with van der Waals surface area (Å²) in [7, 11) is -1.80. The van der Waals surface area contributed by atoms with Crippen molar-refractivity contribution >= 4 is 55.2 Å². The summed E-state index contributed by atoms with van der Waals surface area (Å²) in [5.41, 5.74) is 1.73.